The molecule has 1 saturated carbocycles. The van der Waals surface area contributed by atoms with Gasteiger partial charge in [-0.15, -0.1) is 0 Å². The predicted octanol–water partition coefficient (Wildman–Crippen LogP) is 5.45. The van der Waals surface area contributed by atoms with Gasteiger partial charge in [-0.05, 0) is 49.4 Å². The Balaban J connectivity index is 1.86. The Labute approximate surface area is 119 Å². The van der Waals surface area contributed by atoms with E-state index in [4.69, 9.17) is 0 Å². The molecular weight excluding hydrogens is 286 g/mol. The topological polar surface area (TPSA) is 12.0 Å². The summed E-state index contributed by atoms with van der Waals surface area (Å²) < 4.78 is 1.18. The Morgan fingerprint density at radius 1 is 1.11 bits per heavy atom. The van der Waals surface area contributed by atoms with Crippen molar-refractivity contribution in [2.24, 2.45) is 5.92 Å². The maximum Gasteiger partial charge on any atom is 0.0400 e. The summed E-state index contributed by atoms with van der Waals surface area (Å²) in [6, 6.07) is 4.38. The summed E-state index contributed by atoms with van der Waals surface area (Å²) in [6.45, 7) is 5.48. The van der Waals surface area contributed by atoms with E-state index in [9.17, 15) is 0 Å². The Hall–Kier alpha value is -0.500. The van der Waals surface area contributed by atoms with E-state index < -0.39 is 0 Å². The van der Waals surface area contributed by atoms with Crippen molar-refractivity contribution < 1.29 is 0 Å². The van der Waals surface area contributed by atoms with Crippen molar-refractivity contribution in [1.82, 2.24) is 0 Å². The van der Waals surface area contributed by atoms with Gasteiger partial charge in [-0.2, -0.15) is 0 Å². The van der Waals surface area contributed by atoms with E-state index in [0.29, 0.717) is 0 Å². The molecule has 1 aliphatic carbocycles. The van der Waals surface area contributed by atoms with E-state index in [1.54, 1.807) is 0 Å². The smallest absolute Gasteiger partial charge is 0.0400 e. The number of hydrogen-bond donors (Lipinski definition) is 1. The van der Waals surface area contributed by atoms with Crippen molar-refractivity contribution in [3.8, 4) is 0 Å². The third-order valence-electron chi connectivity index (χ3n) is 4.08. The van der Waals surface area contributed by atoms with E-state index in [2.05, 4.69) is 47.2 Å². The lowest BCUT2D eigenvalue weighted by Gasteiger charge is -2.22. The number of rotatable bonds is 4. The van der Waals surface area contributed by atoms with Crippen LogP contribution in [-0.2, 0) is 0 Å². The van der Waals surface area contributed by atoms with Gasteiger partial charge < -0.3 is 5.32 Å². The fraction of sp³-hybridized carbons (Fsp3) is 0.625. The molecule has 0 aliphatic heterocycles. The van der Waals surface area contributed by atoms with Crippen LogP contribution < -0.4 is 5.32 Å². The molecule has 0 atom stereocenters. The van der Waals surface area contributed by atoms with E-state index in [1.165, 1.54) is 59.8 Å². The first-order valence-electron chi connectivity index (χ1n) is 7.17. The molecule has 1 aliphatic rings. The fourth-order valence-electron chi connectivity index (χ4n) is 3.07. The van der Waals surface area contributed by atoms with Crippen LogP contribution in [0.1, 0.15) is 49.7 Å². The van der Waals surface area contributed by atoms with Crippen molar-refractivity contribution in [3.63, 3.8) is 0 Å². The number of aryl methyl sites for hydroxylation is 2. The maximum atomic E-state index is 3.63. The first kappa shape index (κ1) is 13.9. The van der Waals surface area contributed by atoms with Gasteiger partial charge in [0.05, 0.1) is 0 Å². The average molecular weight is 310 g/mol. The third-order valence-corrected chi connectivity index (χ3v) is 4.53. The lowest BCUT2D eigenvalue weighted by Crippen LogP contribution is -2.13. The second-order valence-electron chi connectivity index (χ2n) is 5.63. The van der Waals surface area contributed by atoms with Gasteiger partial charge in [0.2, 0.25) is 0 Å². The molecule has 0 heterocycles. The largest absolute Gasteiger partial charge is 0.385 e. The van der Waals surface area contributed by atoms with E-state index >= 15 is 0 Å². The van der Waals surface area contributed by atoms with Crippen LogP contribution in [0.15, 0.2) is 16.6 Å². The second-order valence-corrected chi connectivity index (χ2v) is 6.55. The van der Waals surface area contributed by atoms with Gasteiger partial charge in [0.25, 0.3) is 0 Å². The van der Waals surface area contributed by atoms with Gasteiger partial charge >= 0.3 is 0 Å². The highest BCUT2D eigenvalue weighted by atomic mass is 79.9. The summed E-state index contributed by atoms with van der Waals surface area (Å²) in [5.74, 6) is 0.960. The molecular formula is C16H24BrN. The summed E-state index contributed by atoms with van der Waals surface area (Å²) in [7, 11) is 0. The van der Waals surface area contributed by atoms with Crippen molar-refractivity contribution in [3.05, 3.63) is 27.7 Å². The van der Waals surface area contributed by atoms with Gasteiger partial charge in [0, 0.05) is 16.7 Å². The summed E-state index contributed by atoms with van der Waals surface area (Å²) >= 11 is 3.55. The first-order chi connectivity index (χ1) is 8.66. The first-order valence-corrected chi connectivity index (χ1v) is 7.96. The summed E-state index contributed by atoms with van der Waals surface area (Å²) in [4.78, 5) is 0. The zero-order valence-corrected chi connectivity index (χ0v) is 13.1. The summed E-state index contributed by atoms with van der Waals surface area (Å²) in [5.41, 5.74) is 4.00. The molecule has 2 heteroatoms. The zero-order chi connectivity index (χ0) is 13.0. The van der Waals surface area contributed by atoms with Gasteiger partial charge in [-0.3, -0.25) is 0 Å². The van der Waals surface area contributed by atoms with Crippen LogP contribution in [0.3, 0.4) is 0 Å². The molecule has 1 nitrogen and oxygen atoms in total. The monoisotopic (exact) mass is 309 g/mol. The van der Waals surface area contributed by atoms with Crippen LogP contribution in [0.4, 0.5) is 5.69 Å². The number of halogens is 1. The van der Waals surface area contributed by atoms with E-state index in [0.717, 1.165) is 12.5 Å². The molecule has 0 amide bonds. The van der Waals surface area contributed by atoms with Gasteiger partial charge in [0.15, 0.2) is 0 Å². The number of benzene rings is 1. The standard InChI is InChI=1S/C16H24BrN/c1-12-10-15(17)11-13(2)16(12)18-9-8-14-6-4-3-5-7-14/h10-11,14,18H,3-9H2,1-2H3. The summed E-state index contributed by atoms with van der Waals surface area (Å²) in [5, 5.41) is 3.63. The normalized spacial score (nSPS) is 16.8. The van der Waals surface area contributed by atoms with Crippen LogP contribution in [0.2, 0.25) is 0 Å². The quantitative estimate of drug-likeness (QED) is 0.780. The zero-order valence-electron chi connectivity index (χ0n) is 11.6. The molecule has 0 bridgehead atoms. The van der Waals surface area contributed by atoms with Crippen molar-refractivity contribution in [2.75, 3.05) is 11.9 Å². The number of hydrogen-bond acceptors (Lipinski definition) is 1. The Morgan fingerprint density at radius 2 is 1.72 bits per heavy atom. The van der Waals surface area contributed by atoms with Crippen molar-refractivity contribution >= 4 is 21.6 Å². The van der Waals surface area contributed by atoms with Crippen LogP contribution in [0.5, 0.6) is 0 Å². The molecule has 18 heavy (non-hydrogen) atoms. The van der Waals surface area contributed by atoms with E-state index in [-0.39, 0.29) is 0 Å². The number of nitrogens with one attached hydrogen (secondary N) is 1. The average Bonchev–Trinajstić information content (AvgIpc) is 2.34. The molecule has 1 N–H and O–H groups in total. The van der Waals surface area contributed by atoms with Gasteiger partial charge in [-0.1, -0.05) is 48.0 Å². The minimum absolute atomic E-state index is 0.960. The molecule has 0 spiro atoms. The summed E-state index contributed by atoms with van der Waals surface area (Å²) in [6.07, 6.45) is 8.56. The maximum absolute atomic E-state index is 3.63. The molecule has 0 saturated heterocycles. The fourth-order valence-corrected chi connectivity index (χ4v) is 3.75. The lowest BCUT2D eigenvalue weighted by molar-refractivity contribution is 0.345. The minimum atomic E-state index is 0.960. The van der Waals surface area contributed by atoms with Crippen molar-refractivity contribution in [1.29, 1.82) is 0 Å². The number of anilines is 1. The molecule has 1 aromatic rings. The molecule has 100 valence electrons. The highest BCUT2D eigenvalue weighted by Crippen LogP contribution is 2.28. The lowest BCUT2D eigenvalue weighted by atomic mass is 9.87. The van der Waals surface area contributed by atoms with Crippen LogP contribution in [0.25, 0.3) is 0 Å². The highest BCUT2D eigenvalue weighted by Gasteiger charge is 2.13. The van der Waals surface area contributed by atoms with Crippen LogP contribution in [-0.4, -0.2) is 6.54 Å². The van der Waals surface area contributed by atoms with Crippen LogP contribution >= 0.6 is 15.9 Å². The Morgan fingerprint density at radius 3 is 2.33 bits per heavy atom. The molecule has 0 aromatic heterocycles. The van der Waals surface area contributed by atoms with Crippen molar-refractivity contribution in [2.45, 2.75) is 52.4 Å². The Bertz CT molecular complexity index is 371. The molecule has 1 fully saturated rings. The van der Waals surface area contributed by atoms with Crippen LogP contribution in [0, 0.1) is 19.8 Å². The third kappa shape index (κ3) is 3.74. The Kier molecular flexibility index (Phi) is 5.11. The predicted molar refractivity (Wildman–Crippen MR) is 83.3 cm³/mol. The highest BCUT2D eigenvalue weighted by molar-refractivity contribution is 9.10. The molecule has 1 aromatic carbocycles. The van der Waals surface area contributed by atoms with E-state index in [1.807, 2.05) is 0 Å². The second kappa shape index (κ2) is 6.60. The molecule has 2 rings (SSSR count). The van der Waals surface area contributed by atoms with Gasteiger partial charge in [0.1, 0.15) is 0 Å². The SMILES string of the molecule is Cc1cc(Br)cc(C)c1NCCC1CCCCC1. The minimum Gasteiger partial charge on any atom is -0.385 e. The van der Waals surface area contributed by atoms with Gasteiger partial charge in [-0.25, -0.2) is 0 Å². The molecule has 0 radical (unpaired) electrons. The molecule has 0 unspecified atom stereocenters.